The van der Waals surface area contributed by atoms with Gasteiger partial charge in [0.15, 0.2) is 5.82 Å². The summed E-state index contributed by atoms with van der Waals surface area (Å²) in [5, 5.41) is 4.74. The molecule has 6 nitrogen and oxygen atoms in total. The summed E-state index contributed by atoms with van der Waals surface area (Å²) in [6.45, 7) is 4.61. The Morgan fingerprint density at radius 1 is 0.971 bits per heavy atom. The van der Waals surface area contributed by atoms with Crippen LogP contribution >= 0.6 is 0 Å². The topological polar surface area (TPSA) is 62.1 Å². The molecule has 0 amide bonds. The molecule has 4 aromatic rings. The van der Waals surface area contributed by atoms with E-state index in [0.717, 1.165) is 42.0 Å². The van der Waals surface area contributed by atoms with E-state index in [9.17, 15) is 4.39 Å². The van der Waals surface area contributed by atoms with Crippen LogP contribution in [0.3, 0.4) is 0 Å². The second kappa shape index (κ2) is 11.2. The van der Waals surface area contributed by atoms with Gasteiger partial charge in [0.1, 0.15) is 18.2 Å². The lowest BCUT2D eigenvalue weighted by atomic mass is 10.0. The molecule has 0 aliphatic carbocycles. The predicted octanol–water partition coefficient (Wildman–Crippen LogP) is 6.19. The highest BCUT2D eigenvalue weighted by Crippen LogP contribution is 2.23. The summed E-state index contributed by atoms with van der Waals surface area (Å²) >= 11 is 0. The average molecular weight is 475 g/mol. The highest BCUT2D eigenvalue weighted by atomic mass is 19.1. The number of pyridine rings is 1. The van der Waals surface area contributed by atoms with Crippen molar-refractivity contribution < 1.29 is 13.9 Å². The van der Waals surface area contributed by atoms with Crippen LogP contribution in [0.15, 0.2) is 72.9 Å². The standard InChI is InChI=1S/C28H31FN4O2/c1-28(2,34-3)16-8-7-14-26-31-27(32-33(26)23-15-17-30-25(29)19-23)22-11-9-10-21(18-22)20-35-24-12-5-4-6-13-24/h4-6,9-13,15,17-19H,7-8,14,16,20H2,1-3H3. The molecule has 0 saturated carbocycles. The summed E-state index contributed by atoms with van der Waals surface area (Å²) in [6.07, 6.45) is 5.01. The van der Waals surface area contributed by atoms with Crippen LogP contribution < -0.4 is 4.74 Å². The number of aryl methyl sites for hydroxylation is 1. The largest absolute Gasteiger partial charge is 0.489 e. The van der Waals surface area contributed by atoms with Crippen molar-refractivity contribution in [2.75, 3.05) is 7.11 Å². The molecule has 2 aromatic heterocycles. The fourth-order valence-corrected chi connectivity index (χ4v) is 3.78. The first-order valence-electron chi connectivity index (χ1n) is 11.8. The van der Waals surface area contributed by atoms with E-state index in [1.807, 2.05) is 54.6 Å². The monoisotopic (exact) mass is 474 g/mol. The Labute approximate surface area is 205 Å². The number of aromatic nitrogens is 4. The Hall–Kier alpha value is -3.58. The second-order valence-electron chi connectivity index (χ2n) is 9.07. The van der Waals surface area contributed by atoms with Gasteiger partial charge in [-0.2, -0.15) is 4.39 Å². The highest BCUT2D eigenvalue weighted by molar-refractivity contribution is 5.56. The lowest BCUT2D eigenvalue weighted by Crippen LogP contribution is -2.22. The normalized spacial score (nSPS) is 11.5. The molecule has 0 bridgehead atoms. The lowest BCUT2D eigenvalue weighted by molar-refractivity contribution is 0.0135. The van der Waals surface area contributed by atoms with E-state index in [-0.39, 0.29) is 5.60 Å². The van der Waals surface area contributed by atoms with Crippen molar-refractivity contribution in [3.63, 3.8) is 0 Å². The zero-order chi connectivity index (χ0) is 24.7. The van der Waals surface area contributed by atoms with Gasteiger partial charge in [0.2, 0.25) is 5.95 Å². The van der Waals surface area contributed by atoms with Gasteiger partial charge in [-0.05, 0) is 56.5 Å². The summed E-state index contributed by atoms with van der Waals surface area (Å²) in [6, 6.07) is 20.8. The van der Waals surface area contributed by atoms with Crippen molar-refractivity contribution in [1.29, 1.82) is 0 Å². The number of nitrogens with zero attached hydrogens (tertiary/aromatic N) is 4. The molecule has 35 heavy (non-hydrogen) atoms. The van der Waals surface area contributed by atoms with E-state index < -0.39 is 5.95 Å². The summed E-state index contributed by atoms with van der Waals surface area (Å²) in [5.74, 6) is 1.65. The Morgan fingerprint density at radius 2 is 1.80 bits per heavy atom. The third-order valence-electron chi connectivity index (χ3n) is 5.94. The maximum Gasteiger partial charge on any atom is 0.214 e. The number of hydrogen-bond donors (Lipinski definition) is 0. The van der Waals surface area contributed by atoms with Gasteiger partial charge in [0.25, 0.3) is 0 Å². The lowest BCUT2D eigenvalue weighted by Gasteiger charge is -2.22. The van der Waals surface area contributed by atoms with Crippen molar-refractivity contribution in [2.24, 2.45) is 0 Å². The van der Waals surface area contributed by atoms with Crippen molar-refractivity contribution in [1.82, 2.24) is 19.7 Å². The number of hydrogen-bond acceptors (Lipinski definition) is 5. The summed E-state index contributed by atoms with van der Waals surface area (Å²) in [4.78, 5) is 8.51. The van der Waals surface area contributed by atoms with Gasteiger partial charge in [-0.1, -0.05) is 42.8 Å². The molecular weight excluding hydrogens is 443 g/mol. The molecule has 2 aromatic carbocycles. The Balaban J connectivity index is 1.55. The van der Waals surface area contributed by atoms with Crippen LogP contribution in [0.2, 0.25) is 0 Å². The molecule has 0 saturated heterocycles. The zero-order valence-corrected chi connectivity index (χ0v) is 20.4. The quantitative estimate of drug-likeness (QED) is 0.192. The van der Waals surface area contributed by atoms with Gasteiger partial charge in [-0.25, -0.2) is 14.6 Å². The van der Waals surface area contributed by atoms with E-state index in [2.05, 4.69) is 18.8 Å². The number of unbranched alkanes of at least 4 members (excludes halogenated alkanes) is 1. The molecule has 7 heteroatoms. The molecule has 0 radical (unpaired) electrons. The number of ether oxygens (including phenoxy) is 2. The van der Waals surface area contributed by atoms with E-state index in [4.69, 9.17) is 19.6 Å². The Bertz CT molecular complexity index is 1240. The molecular formula is C28H31FN4O2. The highest BCUT2D eigenvalue weighted by Gasteiger charge is 2.17. The second-order valence-corrected chi connectivity index (χ2v) is 9.07. The average Bonchev–Trinajstić information content (AvgIpc) is 3.31. The molecule has 2 heterocycles. The van der Waals surface area contributed by atoms with E-state index in [1.54, 1.807) is 17.9 Å². The minimum Gasteiger partial charge on any atom is -0.489 e. The van der Waals surface area contributed by atoms with Gasteiger partial charge in [0, 0.05) is 31.4 Å². The molecule has 0 spiro atoms. The molecule has 182 valence electrons. The van der Waals surface area contributed by atoms with Crippen molar-refractivity contribution in [3.05, 3.63) is 90.3 Å². The smallest absolute Gasteiger partial charge is 0.214 e. The minimum atomic E-state index is -0.549. The summed E-state index contributed by atoms with van der Waals surface area (Å²) in [7, 11) is 1.74. The predicted molar refractivity (Wildman–Crippen MR) is 134 cm³/mol. The maximum atomic E-state index is 13.9. The number of rotatable bonds is 11. The van der Waals surface area contributed by atoms with Gasteiger partial charge in [-0.15, -0.1) is 5.10 Å². The fourth-order valence-electron chi connectivity index (χ4n) is 3.78. The zero-order valence-electron chi connectivity index (χ0n) is 20.4. The maximum absolute atomic E-state index is 13.9. The number of benzene rings is 2. The van der Waals surface area contributed by atoms with Crippen molar-refractivity contribution in [2.45, 2.75) is 51.7 Å². The molecule has 0 atom stereocenters. The number of halogens is 1. The van der Waals surface area contributed by atoms with E-state index >= 15 is 0 Å². The third kappa shape index (κ3) is 6.73. The van der Waals surface area contributed by atoms with Crippen LogP contribution in [0.5, 0.6) is 5.75 Å². The molecule has 0 aliphatic heterocycles. The molecule has 0 fully saturated rings. The van der Waals surface area contributed by atoms with E-state index in [1.165, 1.54) is 12.3 Å². The van der Waals surface area contributed by atoms with Crippen molar-refractivity contribution >= 4 is 0 Å². The molecule has 0 N–H and O–H groups in total. The van der Waals surface area contributed by atoms with Crippen LogP contribution in [0.25, 0.3) is 17.1 Å². The molecule has 0 aliphatic rings. The number of para-hydroxylation sites is 1. The van der Waals surface area contributed by atoms with Crippen LogP contribution in [-0.2, 0) is 17.8 Å². The van der Waals surface area contributed by atoms with Crippen molar-refractivity contribution in [3.8, 4) is 22.8 Å². The van der Waals surface area contributed by atoms with Crippen LogP contribution in [0, 0.1) is 5.95 Å². The first kappa shape index (κ1) is 24.5. The molecule has 0 unspecified atom stereocenters. The summed E-state index contributed by atoms with van der Waals surface area (Å²) < 4.78 is 27.0. The SMILES string of the molecule is COC(C)(C)CCCCc1nc(-c2cccc(COc3ccccc3)c2)nn1-c1ccnc(F)c1. The van der Waals surface area contributed by atoms with Crippen LogP contribution in [0.1, 0.15) is 44.5 Å². The minimum absolute atomic E-state index is 0.157. The van der Waals surface area contributed by atoms with Gasteiger partial charge in [-0.3, -0.25) is 0 Å². The number of methoxy groups -OCH3 is 1. The Kier molecular flexibility index (Phi) is 7.87. The first-order valence-corrected chi connectivity index (χ1v) is 11.8. The van der Waals surface area contributed by atoms with Gasteiger partial charge in [0.05, 0.1) is 11.3 Å². The fraction of sp³-hybridized carbons (Fsp3) is 0.321. The molecule has 4 rings (SSSR count). The Morgan fingerprint density at radius 3 is 2.57 bits per heavy atom. The summed E-state index contributed by atoms with van der Waals surface area (Å²) in [5.41, 5.74) is 2.34. The van der Waals surface area contributed by atoms with Crippen LogP contribution in [0.4, 0.5) is 4.39 Å². The van der Waals surface area contributed by atoms with Gasteiger partial charge < -0.3 is 9.47 Å². The first-order chi connectivity index (χ1) is 16.9. The van der Waals surface area contributed by atoms with Gasteiger partial charge >= 0.3 is 0 Å². The van der Waals surface area contributed by atoms with E-state index in [0.29, 0.717) is 24.5 Å². The van der Waals surface area contributed by atoms with Crippen LogP contribution in [-0.4, -0.2) is 32.5 Å². The third-order valence-corrected chi connectivity index (χ3v) is 5.94.